The first-order valence-electron chi connectivity index (χ1n) is 7.96. The Bertz CT molecular complexity index is 484. The van der Waals surface area contributed by atoms with Crippen molar-refractivity contribution in [3.63, 3.8) is 0 Å². The molecule has 0 amide bonds. The van der Waals surface area contributed by atoms with Gasteiger partial charge in [-0.1, -0.05) is 51.8 Å². The SMILES string of the molecule is CCCNC(CC(C)CCC)c1cc2ccccc2s1. The van der Waals surface area contributed by atoms with Crippen molar-refractivity contribution in [1.82, 2.24) is 5.32 Å². The van der Waals surface area contributed by atoms with E-state index in [1.165, 1.54) is 40.6 Å². The summed E-state index contributed by atoms with van der Waals surface area (Å²) in [6.45, 7) is 8.02. The molecule has 0 aliphatic rings. The van der Waals surface area contributed by atoms with Gasteiger partial charge in [-0.3, -0.25) is 0 Å². The fourth-order valence-corrected chi connectivity index (χ4v) is 3.96. The molecular weight excluding hydrogens is 262 g/mol. The average Bonchev–Trinajstić information content (AvgIpc) is 2.87. The lowest BCUT2D eigenvalue weighted by Gasteiger charge is -2.21. The van der Waals surface area contributed by atoms with E-state index < -0.39 is 0 Å². The number of hydrogen-bond acceptors (Lipinski definition) is 2. The lowest BCUT2D eigenvalue weighted by atomic mass is 9.96. The Kier molecular flexibility index (Phi) is 6.06. The zero-order valence-corrected chi connectivity index (χ0v) is 13.8. The van der Waals surface area contributed by atoms with Gasteiger partial charge in [-0.25, -0.2) is 0 Å². The second-order valence-corrected chi connectivity index (χ2v) is 6.94. The molecule has 2 heteroatoms. The van der Waals surface area contributed by atoms with Crippen LogP contribution in [0, 0.1) is 5.92 Å². The summed E-state index contributed by atoms with van der Waals surface area (Å²) in [5.41, 5.74) is 0. The fourth-order valence-electron chi connectivity index (χ4n) is 2.81. The van der Waals surface area contributed by atoms with Gasteiger partial charge in [0, 0.05) is 15.6 Å². The van der Waals surface area contributed by atoms with Crippen LogP contribution in [0.2, 0.25) is 0 Å². The number of benzene rings is 1. The van der Waals surface area contributed by atoms with E-state index in [9.17, 15) is 0 Å². The largest absolute Gasteiger partial charge is 0.309 e. The van der Waals surface area contributed by atoms with E-state index in [0.29, 0.717) is 6.04 Å². The van der Waals surface area contributed by atoms with Gasteiger partial charge in [-0.05, 0) is 42.8 Å². The normalized spacial score (nSPS) is 14.6. The Morgan fingerprint density at radius 1 is 1.15 bits per heavy atom. The van der Waals surface area contributed by atoms with Gasteiger partial charge < -0.3 is 5.32 Å². The van der Waals surface area contributed by atoms with E-state index in [4.69, 9.17) is 0 Å². The van der Waals surface area contributed by atoms with E-state index in [-0.39, 0.29) is 0 Å². The van der Waals surface area contributed by atoms with Gasteiger partial charge in [-0.2, -0.15) is 0 Å². The van der Waals surface area contributed by atoms with E-state index in [2.05, 4.69) is 56.4 Å². The third-order valence-corrected chi connectivity index (χ3v) is 5.08. The summed E-state index contributed by atoms with van der Waals surface area (Å²) in [4.78, 5) is 1.50. The molecule has 2 atom stereocenters. The summed E-state index contributed by atoms with van der Waals surface area (Å²) in [5.74, 6) is 0.791. The molecule has 2 aromatic rings. The minimum Gasteiger partial charge on any atom is -0.309 e. The lowest BCUT2D eigenvalue weighted by molar-refractivity contribution is 0.394. The smallest absolute Gasteiger partial charge is 0.0417 e. The molecule has 0 aliphatic heterocycles. The van der Waals surface area contributed by atoms with Crippen molar-refractivity contribution in [3.05, 3.63) is 35.2 Å². The first-order chi connectivity index (χ1) is 9.74. The molecule has 2 unspecified atom stereocenters. The van der Waals surface area contributed by atoms with Crippen molar-refractivity contribution in [2.24, 2.45) is 5.92 Å². The molecule has 20 heavy (non-hydrogen) atoms. The molecule has 1 aromatic carbocycles. The second-order valence-electron chi connectivity index (χ2n) is 5.82. The van der Waals surface area contributed by atoms with Crippen LogP contribution in [0.4, 0.5) is 0 Å². The molecule has 0 fully saturated rings. The number of fused-ring (bicyclic) bond motifs is 1. The lowest BCUT2D eigenvalue weighted by Crippen LogP contribution is -2.23. The highest BCUT2D eigenvalue weighted by Gasteiger charge is 2.16. The summed E-state index contributed by atoms with van der Waals surface area (Å²) in [5, 5.41) is 5.13. The molecule has 0 saturated heterocycles. The average molecular weight is 289 g/mol. The van der Waals surface area contributed by atoms with Gasteiger partial charge in [-0.15, -0.1) is 11.3 Å². The zero-order chi connectivity index (χ0) is 14.4. The van der Waals surface area contributed by atoms with Crippen LogP contribution in [0.1, 0.15) is 57.4 Å². The van der Waals surface area contributed by atoms with E-state index in [1.807, 2.05) is 11.3 Å². The highest BCUT2D eigenvalue weighted by atomic mass is 32.1. The Balaban J connectivity index is 2.15. The number of hydrogen-bond donors (Lipinski definition) is 1. The molecule has 110 valence electrons. The predicted octanol–water partition coefficient (Wildman–Crippen LogP) is 5.77. The third kappa shape index (κ3) is 4.07. The number of rotatable bonds is 8. The van der Waals surface area contributed by atoms with E-state index in [1.54, 1.807) is 0 Å². The van der Waals surface area contributed by atoms with Crippen LogP contribution >= 0.6 is 11.3 Å². The maximum Gasteiger partial charge on any atom is 0.0417 e. The standard InChI is InChI=1S/C18H27NS/c1-4-8-14(3)12-16(19-11-5-2)18-13-15-9-6-7-10-17(15)20-18/h6-7,9-10,13-14,16,19H,4-5,8,11-12H2,1-3H3. The minimum atomic E-state index is 0.522. The van der Waals surface area contributed by atoms with Gasteiger partial charge in [0.15, 0.2) is 0 Å². The summed E-state index contributed by atoms with van der Waals surface area (Å²) in [7, 11) is 0. The Labute approximate surface area is 127 Å². The van der Waals surface area contributed by atoms with Crippen LogP contribution in [0.15, 0.2) is 30.3 Å². The van der Waals surface area contributed by atoms with Crippen molar-refractivity contribution in [1.29, 1.82) is 0 Å². The van der Waals surface area contributed by atoms with Gasteiger partial charge in [0.2, 0.25) is 0 Å². The van der Waals surface area contributed by atoms with Gasteiger partial charge in [0.05, 0.1) is 0 Å². The Morgan fingerprint density at radius 3 is 2.65 bits per heavy atom. The van der Waals surface area contributed by atoms with Crippen molar-refractivity contribution in [3.8, 4) is 0 Å². The summed E-state index contributed by atoms with van der Waals surface area (Å²) in [6, 6.07) is 11.6. The molecule has 0 spiro atoms. The van der Waals surface area contributed by atoms with Crippen molar-refractivity contribution in [2.45, 2.75) is 52.5 Å². The molecule has 2 rings (SSSR count). The molecular formula is C18H27NS. The highest BCUT2D eigenvalue weighted by Crippen LogP contribution is 2.33. The van der Waals surface area contributed by atoms with Crippen LogP contribution in [-0.2, 0) is 0 Å². The molecule has 0 radical (unpaired) electrons. The van der Waals surface area contributed by atoms with Gasteiger partial charge in [0.1, 0.15) is 0 Å². The molecule has 0 bridgehead atoms. The minimum absolute atomic E-state index is 0.522. The van der Waals surface area contributed by atoms with E-state index >= 15 is 0 Å². The maximum absolute atomic E-state index is 3.75. The van der Waals surface area contributed by atoms with Crippen LogP contribution in [0.3, 0.4) is 0 Å². The Morgan fingerprint density at radius 2 is 1.95 bits per heavy atom. The first kappa shape index (κ1) is 15.5. The number of nitrogens with one attached hydrogen (secondary N) is 1. The predicted molar refractivity (Wildman–Crippen MR) is 91.5 cm³/mol. The molecule has 0 aliphatic carbocycles. The molecule has 1 aromatic heterocycles. The van der Waals surface area contributed by atoms with E-state index in [0.717, 1.165) is 12.5 Å². The number of thiophene rings is 1. The molecule has 0 saturated carbocycles. The van der Waals surface area contributed by atoms with Gasteiger partial charge >= 0.3 is 0 Å². The summed E-state index contributed by atoms with van der Waals surface area (Å²) < 4.78 is 1.41. The van der Waals surface area contributed by atoms with Crippen LogP contribution in [0.5, 0.6) is 0 Å². The quantitative estimate of drug-likeness (QED) is 0.650. The Hall–Kier alpha value is -0.860. The monoisotopic (exact) mass is 289 g/mol. The molecule has 1 N–H and O–H groups in total. The second kappa shape index (κ2) is 7.80. The molecule has 1 nitrogen and oxygen atoms in total. The van der Waals surface area contributed by atoms with Crippen molar-refractivity contribution < 1.29 is 0 Å². The molecule has 1 heterocycles. The third-order valence-electron chi connectivity index (χ3n) is 3.85. The van der Waals surface area contributed by atoms with Crippen LogP contribution < -0.4 is 5.32 Å². The van der Waals surface area contributed by atoms with Crippen molar-refractivity contribution >= 4 is 21.4 Å². The van der Waals surface area contributed by atoms with Gasteiger partial charge in [0.25, 0.3) is 0 Å². The summed E-state index contributed by atoms with van der Waals surface area (Å²) in [6.07, 6.45) is 5.06. The van der Waals surface area contributed by atoms with Crippen LogP contribution in [0.25, 0.3) is 10.1 Å². The topological polar surface area (TPSA) is 12.0 Å². The van der Waals surface area contributed by atoms with Crippen molar-refractivity contribution in [2.75, 3.05) is 6.54 Å². The zero-order valence-electron chi connectivity index (χ0n) is 13.0. The fraction of sp³-hybridized carbons (Fsp3) is 0.556. The highest BCUT2D eigenvalue weighted by molar-refractivity contribution is 7.19. The first-order valence-corrected chi connectivity index (χ1v) is 8.78. The maximum atomic E-state index is 3.75. The summed E-state index contributed by atoms with van der Waals surface area (Å²) >= 11 is 1.95. The van der Waals surface area contributed by atoms with Crippen LogP contribution in [-0.4, -0.2) is 6.54 Å².